The number of hydrogen-bond donors (Lipinski definition) is 1. The van der Waals surface area contributed by atoms with Crippen LogP contribution < -0.4 is 5.73 Å². The Morgan fingerprint density at radius 2 is 2.31 bits per heavy atom. The van der Waals surface area contributed by atoms with E-state index in [9.17, 15) is 0 Å². The van der Waals surface area contributed by atoms with Gasteiger partial charge in [-0.2, -0.15) is 0 Å². The predicted molar refractivity (Wildman–Crippen MR) is 58.3 cm³/mol. The Morgan fingerprint density at radius 3 is 2.85 bits per heavy atom. The second-order valence-electron chi connectivity index (χ2n) is 3.05. The van der Waals surface area contributed by atoms with E-state index in [1.165, 1.54) is 0 Å². The molecule has 1 rings (SSSR count). The Balaban J connectivity index is 2.13. The highest BCUT2D eigenvalue weighted by Gasteiger charge is 2.01. The number of nitrogens with zero attached hydrogens (tertiary/aromatic N) is 2. The summed E-state index contributed by atoms with van der Waals surface area (Å²) in [6.45, 7) is 4.02. The predicted octanol–water partition coefficient (Wildman–Crippen LogP) is 2.07. The van der Waals surface area contributed by atoms with Crippen LogP contribution in [0, 0.1) is 6.92 Å². The molecule has 0 aliphatic rings. The molecule has 2 N–H and O–H groups in total. The molecule has 0 spiro atoms. The van der Waals surface area contributed by atoms with Crippen LogP contribution in [0.15, 0.2) is 4.34 Å². The molecule has 74 valence electrons. The summed E-state index contributed by atoms with van der Waals surface area (Å²) in [5.74, 6) is 1.09. The maximum Gasteiger partial charge on any atom is 0.174 e. The maximum atomic E-state index is 5.64. The van der Waals surface area contributed by atoms with E-state index < -0.39 is 0 Å². The molecular formula is C8H15N3S2. The van der Waals surface area contributed by atoms with Crippen molar-refractivity contribution < 1.29 is 0 Å². The number of thioether (sulfide) groups is 1. The van der Waals surface area contributed by atoms with Gasteiger partial charge in [0.05, 0.1) is 0 Å². The maximum absolute atomic E-state index is 5.64. The molecule has 1 aromatic heterocycles. The number of aryl methyl sites for hydroxylation is 1. The Morgan fingerprint density at radius 1 is 1.54 bits per heavy atom. The van der Waals surface area contributed by atoms with Crippen LogP contribution >= 0.6 is 23.1 Å². The van der Waals surface area contributed by atoms with Gasteiger partial charge in [0.2, 0.25) is 0 Å². The quantitative estimate of drug-likeness (QED) is 0.606. The molecule has 0 radical (unpaired) electrons. The first-order valence-corrected chi connectivity index (χ1v) is 6.17. The van der Waals surface area contributed by atoms with Gasteiger partial charge < -0.3 is 5.73 Å². The highest BCUT2D eigenvalue weighted by molar-refractivity contribution is 8.01. The Labute approximate surface area is 87.1 Å². The van der Waals surface area contributed by atoms with Crippen molar-refractivity contribution in [2.75, 3.05) is 5.75 Å². The third-order valence-corrected chi connectivity index (χ3v) is 3.60. The summed E-state index contributed by atoms with van der Waals surface area (Å²) in [6.07, 6.45) is 2.24. The lowest BCUT2D eigenvalue weighted by Gasteiger charge is -2.02. The van der Waals surface area contributed by atoms with E-state index in [0.29, 0.717) is 6.04 Å². The van der Waals surface area contributed by atoms with Crippen LogP contribution in [0.3, 0.4) is 0 Å². The normalized spacial score (nSPS) is 13.2. The summed E-state index contributed by atoms with van der Waals surface area (Å²) >= 11 is 3.43. The van der Waals surface area contributed by atoms with E-state index in [-0.39, 0.29) is 0 Å². The molecule has 1 heterocycles. The van der Waals surface area contributed by atoms with Gasteiger partial charge in [0.1, 0.15) is 5.01 Å². The molecule has 0 saturated carbocycles. The highest BCUT2D eigenvalue weighted by Crippen LogP contribution is 2.22. The Hall–Kier alpha value is -0.130. The SMILES string of the molecule is Cc1nnc(SCCCC(C)N)s1. The molecule has 5 heteroatoms. The van der Waals surface area contributed by atoms with E-state index in [2.05, 4.69) is 10.2 Å². The topological polar surface area (TPSA) is 51.8 Å². The zero-order valence-corrected chi connectivity index (χ0v) is 9.62. The molecule has 0 saturated heterocycles. The molecule has 0 aromatic carbocycles. The van der Waals surface area contributed by atoms with Gasteiger partial charge in [0, 0.05) is 11.8 Å². The fourth-order valence-corrected chi connectivity index (χ4v) is 2.75. The van der Waals surface area contributed by atoms with Crippen molar-refractivity contribution in [1.82, 2.24) is 10.2 Å². The van der Waals surface area contributed by atoms with Gasteiger partial charge in [-0.3, -0.25) is 0 Å². The fraction of sp³-hybridized carbons (Fsp3) is 0.750. The zero-order valence-electron chi connectivity index (χ0n) is 7.99. The van der Waals surface area contributed by atoms with Crippen LogP contribution in [-0.2, 0) is 0 Å². The van der Waals surface area contributed by atoms with Gasteiger partial charge in [-0.1, -0.05) is 23.1 Å². The van der Waals surface area contributed by atoms with Crippen molar-refractivity contribution >= 4 is 23.1 Å². The Kier molecular flexibility index (Phi) is 4.69. The molecule has 0 aliphatic heterocycles. The van der Waals surface area contributed by atoms with Gasteiger partial charge in [-0.05, 0) is 26.7 Å². The first-order chi connectivity index (χ1) is 6.18. The van der Waals surface area contributed by atoms with Crippen molar-refractivity contribution in [3.05, 3.63) is 5.01 Å². The molecule has 0 aliphatic carbocycles. The molecule has 3 nitrogen and oxygen atoms in total. The van der Waals surface area contributed by atoms with Crippen LogP contribution in [-0.4, -0.2) is 22.0 Å². The summed E-state index contributed by atoms with van der Waals surface area (Å²) in [5.41, 5.74) is 5.64. The second kappa shape index (κ2) is 5.57. The number of hydrogen-bond acceptors (Lipinski definition) is 5. The van der Waals surface area contributed by atoms with Gasteiger partial charge in [0.15, 0.2) is 4.34 Å². The van der Waals surface area contributed by atoms with Gasteiger partial charge >= 0.3 is 0 Å². The van der Waals surface area contributed by atoms with Crippen LogP contribution in [0.4, 0.5) is 0 Å². The lowest BCUT2D eigenvalue weighted by molar-refractivity contribution is 0.656. The average Bonchev–Trinajstić information content (AvgIpc) is 2.45. The van der Waals surface area contributed by atoms with E-state index in [0.717, 1.165) is 27.9 Å². The molecule has 0 amide bonds. The fourth-order valence-electron chi connectivity index (χ4n) is 0.902. The molecule has 13 heavy (non-hydrogen) atoms. The third kappa shape index (κ3) is 4.59. The smallest absolute Gasteiger partial charge is 0.174 e. The van der Waals surface area contributed by atoms with Crippen LogP contribution in [0.1, 0.15) is 24.8 Å². The first-order valence-electron chi connectivity index (χ1n) is 4.37. The van der Waals surface area contributed by atoms with Gasteiger partial charge in [-0.15, -0.1) is 10.2 Å². The summed E-state index contributed by atoms with van der Waals surface area (Å²) in [6, 6.07) is 0.316. The van der Waals surface area contributed by atoms with Crippen LogP contribution in [0.2, 0.25) is 0 Å². The van der Waals surface area contributed by atoms with Crippen molar-refractivity contribution in [2.45, 2.75) is 37.1 Å². The molecule has 1 atom stereocenters. The lowest BCUT2D eigenvalue weighted by atomic mass is 10.2. The van der Waals surface area contributed by atoms with Crippen molar-refractivity contribution in [1.29, 1.82) is 0 Å². The number of rotatable bonds is 5. The summed E-state index contributed by atoms with van der Waals surface area (Å²) < 4.78 is 1.07. The summed E-state index contributed by atoms with van der Waals surface area (Å²) in [7, 11) is 0. The van der Waals surface area contributed by atoms with E-state index in [1.807, 2.05) is 13.8 Å². The minimum absolute atomic E-state index is 0.316. The molecule has 0 fully saturated rings. The minimum atomic E-state index is 0.316. The standard InChI is InChI=1S/C8H15N3S2/c1-6(9)4-3-5-12-8-11-10-7(2)13-8/h6H,3-5,9H2,1-2H3. The van der Waals surface area contributed by atoms with E-state index >= 15 is 0 Å². The second-order valence-corrected chi connectivity index (χ2v) is 5.58. The molecule has 1 aromatic rings. The van der Waals surface area contributed by atoms with Crippen molar-refractivity contribution in [3.63, 3.8) is 0 Å². The van der Waals surface area contributed by atoms with E-state index in [1.54, 1.807) is 23.1 Å². The monoisotopic (exact) mass is 217 g/mol. The Bertz CT molecular complexity index is 247. The zero-order chi connectivity index (χ0) is 9.68. The van der Waals surface area contributed by atoms with Crippen molar-refractivity contribution in [2.24, 2.45) is 5.73 Å². The summed E-state index contributed by atoms with van der Waals surface area (Å²) in [5, 5.41) is 9.02. The van der Waals surface area contributed by atoms with Crippen LogP contribution in [0.25, 0.3) is 0 Å². The third-order valence-electron chi connectivity index (χ3n) is 1.54. The molecule has 1 unspecified atom stereocenters. The summed E-state index contributed by atoms with van der Waals surface area (Å²) in [4.78, 5) is 0. The van der Waals surface area contributed by atoms with Gasteiger partial charge in [-0.25, -0.2) is 0 Å². The molecular weight excluding hydrogens is 202 g/mol. The lowest BCUT2D eigenvalue weighted by Crippen LogP contribution is -2.14. The average molecular weight is 217 g/mol. The van der Waals surface area contributed by atoms with Crippen molar-refractivity contribution in [3.8, 4) is 0 Å². The van der Waals surface area contributed by atoms with Gasteiger partial charge in [0.25, 0.3) is 0 Å². The first kappa shape index (κ1) is 10.9. The van der Waals surface area contributed by atoms with E-state index in [4.69, 9.17) is 5.73 Å². The highest BCUT2D eigenvalue weighted by atomic mass is 32.2. The van der Waals surface area contributed by atoms with Crippen LogP contribution in [0.5, 0.6) is 0 Å². The largest absolute Gasteiger partial charge is 0.328 e. The minimum Gasteiger partial charge on any atom is -0.328 e. The number of aromatic nitrogens is 2. The molecule has 0 bridgehead atoms. The number of nitrogens with two attached hydrogens (primary N) is 1.